The normalized spacial score (nSPS) is 12.8. The molecule has 0 aliphatic rings. The van der Waals surface area contributed by atoms with E-state index in [1.54, 1.807) is 6.07 Å². The molecule has 0 spiro atoms. The van der Waals surface area contributed by atoms with Gasteiger partial charge in [0, 0.05) is 11.6 Å². The largest absolute Gasteiger partial charge is 0.508 e. The summed E-state index contributed by atoms with van der Waals surface area (Å²) in [5.41, 5.74) is 7.90. The Morgan fingerprint density at radius 3 is 2.71 bits per heavy atom. The van der Waals surface area contributed by atoms with Crippen LogP contribution in [0.2, 0.25) is 0 Å². The van der Waals surface area contributed by atoms with Crippen molar-refractivity contribution in [3.8, 4) is 5.75 Å². The van der Waals surface area contributed by atoms with Gasteiger partial charge in [-0.3, -0.25) is 0 Å². The molecule has 0 radical (unpaired) electrons. The van der Waals surface area contributed by atoms with Crippen molar-refractivity contribution >= 4 is 0 Å². The van der Waals surface area contributed by atoms with E-state index in [1.165, 1.54) is 0 Å². The van der Waals surface area contributed by atoms with E-state index in [4.69, 9.17) is 5.73 Å². The van der Waals surface area contributed by atoms with Crippen LogP contribution in [0.4, 0.5) is 0 Å². The molecular weight excluding hydrogens is 174 g/mol. The molecular formula is C12H19NO. The van der Waals surface area contributed by atoms with E-state index in [-0.39, 0.29) is 6.04 Å². The summed E-state index contributed by atoms with van der Waals surface area (Å²) in [6, 6.07) is 5.64. The minimum absolute atomic E-state index is 0.0319. The number of unbranched alkanes of at least 4 members (excludes halogenated alkanes) is 1. The van der Waals surface area contributed by atoms with Crippen LogP contribution in [0.25, 0.3) is 0 Å². The number of nitrogens with two attached hydrogens (primary N) is 1. The number of aryl methyl sites for hydroxylation is 1. The number of phenols is 1. The predicted molar refractivity (Wildman–Crippen MR) is 59.3 cm³/mol. The lowest BCUT2D eigenvalue weighted by molar-refractivity contribution is 0.456. The Balaban J connectivity index is 2.74. The van der Waals surface area contributed by atoms with Gasteiger partial charge >= 0.3 is 0 Å². The third-order valence-corrected chi connectivity index (χ3v) is 2.45. The summed E-state index contributed by atoms with van der Waals surface area (Å²) in [6.07, 6.45) is 3.18. The first-order valence-electron chi connectivity index (χ1n) is 5.20. The van der Waals surface area contributed by atoms with Gasteiger partial charge in [-0.05, 0) is 25.0 Å². The van der Waals surface area contributed by atoms with Gasteiger partial charge in [0.2, 0.25) is 0 Å². The molecule has 0 fully saturated rings. The van der Waals surface area contributed by atoms with Crippen LogP contribution >= 0.6 is 0 Å². The zero-order valence-corrected chi connectivity index (χ0v) is 8.96. The van der Waals surface area contributed by atoms with Crippen LogP contribution in [0.3, 0.4) is 0 Å². The van der Waals surface area contributed by atoms with E-state index < -0.39 is 0 Å². The molecule has 1 aromatic carbocycles. The van der Waals surface area contributed by atoms with Crippen molar-refractivity contribution in [1.29, 1.82) is 0 Å². The molecule has 1 aromatic rings. The van der Waals surface area contributed by atoms with E-state index >= 15 is 0 Å². The molecule has 3 N–H and O–H groups in total. The van der Waals surface area contributed by atoms with Crippen LogP contribution in [0, 0.1) is 6.92 Å². The molecule has 0 aliphatic carbocycles. The van der Waals surface area contributed by atoms with Crippen molar-refractivity contribution < 1.29 is 5.11 Å². The van der Waals surface area contributed by atoms with Crippen molar-refractivity contribution in [3.05, 3.63) is 29.3 Å². The molecule has 1 atom stereocenters. The van der Waals surface area contributed by atoms with Crippen LogP contribution in [0.1, 0.15) is 43.4 Å². The van der Waals surface area contributed by atoms with E-state index in [0.717, 1.165) is 30.4 Å². The predicted octanol–water partition coefficient (Wildman–Crippen LogP) is 2.89. The topological polar surface area (TPSA) is 46.2 Å². The van der Waals surface area contributed by atoms with Crippen molar-refractivity contribution in [1.82, 2.24) is 0 Å². The molecule has 0 saturated carbocycles. The lowest BCUT2D eigenvalue weighted by atomic mass is 10.00. The van der Waals surface area contributed by atoms with Crippen LogP contribution in [-0.4, -0.2) is 5.11 Å². The maximum absolute atomic E-state index is 9.68. The minimum atomic E-state index is -0.0319. The number of hydrogen-bond donors (Lipinski definition) is 2. The SMILES string of the molecule is CCCC[C@H](N)c1ccc(C)cc1O. The second-order valence-corrected chi connectivity index (χ2v) is 3.81. The van der Waals surface area contributed by atoms with Crippen LogP contribution in [-0.2, 0) is 0 Å². The first-order valence-corrected chi connectivity index (χ1v) is 5.20. The molecule has 0 saturated heterocycles. The zero-order valence-electron chi connectivity index (χ0n) is 8.96. The van der Waals surface area contributed by atoms with Crippen LogP contribution in [0.15, 0.2) is 18.2 Å². The highest BCUT2D eigenvalue weighted by Gasteiger charge is 2.09. The summed E-state index contributed by atoms with van der Waals surface area (Å²) >= 11 is 0. The lowest BCUT2D eigenvalue weighted by Crippen LogP contribution is -2.10. The van der Waals surface area contributed by atoms with E-state index in [1.807, 2.05) is 19.1 Å². The molecule has 0 aliphatic heterocycles. The van der Waals surface area contributed by atoms with E-state index in [2.05, 4.69) is 6.92 Å². The van der Waals surface area contributed by atoms with Gasteiger partial charge in [-0.2, -0.15) is 0 Å². The van der Waals surface area contributed by atoms with Gasteiger partial charge in [0.1, 0.15) is 5.75 Å². The zero-order chi connectivity index (χ0) is 10.6. The maximum Gasteiger partial charge on any atom is 0.120 e. The maximum atomic E-state index is 9.68. The smallest absolute Gasteiger partial charge is 0.120 e. The molecule has 14 heavy (non-hydrogen) atoms. The van der Waals surface area contributed by atoms with Crippen molar-refractivity contribution in [2.45, 2.75) is 39.2 Å². The first-order chi connectivity index (χ1) is 6.65. The average molecular weight is 193 g/mol. The summed E-state index contributed by atoms with van der Waals surface area (Å²) in [6.45, 7) is 4.10. The molecule has 2 heteroatoms. The Kier molecular flexibility index (Phi) is 3.96. The van der Waals surface area contributed by atoms with Crippen LogP contribution < -0.4 is 5.73 Å². The molecule has 0 bridgehead atoms. The van der Waals surface area contributed by atoms with Gasteiger partial charge in [0.05, 0.1) is 0 Å². The molecule has 1 rings (SSSR count). The molecule has 0 aromatic heterocycles. The molecule has 78 valence electrons. The number of aromatic hydroxyl groups is 1. The molecule has 2 nitrogen and oxygen atoms in total. The fraction of sp³-hybridized carbons (Fsp3) is 0.500. The van der Waals surface area contributed by atoms with Gasteiger partial charge < -0.3 is 10.8 Å². The van der Waals surface area contributed by atoms with Crippen LogP contribution in [0.5, 0.6) is 5.75 Å². The minimum Gasteiger partial charge on any atom is -0.508 e. The average Bonchev–Trinajstić information content (AvgIpc) is 2.14. The van der Waals surface area contributed by atoms with E-state index in [9.17, 15) is 5.11 Å². The van der Waals surface area contributed by atoms with Crippen molar-refractivity contribution in [2.24, 2.45) is 5.73 Å². The fourth-order valence-electron chi connectivity index (χ4n) is 1.55. The third kappa shape index (κ3) is 2.74. The second-order valence-electron chi connectivity index (χ2n) is 3.81. The van der Waals surface area contributed by atoms with Crippen molar-refractivity contribution in [3.63, 3.8) is 0 Å². The van der Waals surface area contributed by atoms with Gasteiger partial charge in [-0.1, -0.05) is 31.9 Å². The Bertz CT molecular complexity index is 296. The summed E-state index contributed by atoms with van der Waals surface area (Å²) in [7, 11) is 0. The van der Waals surface area contributed by atoms with Gasteiger partial charge in [0.25, 0.3) is 0 Å². The molecule has 0 unspecified atom stereocenters. The Labute approximate surface area is 85.8 Å². The quantitative estimate of drug-likeness (QED) is 0.772. The Morgan fingerprint density at radius 2 is 2.14 bits per heavy atom. The second kappa shape index (κ2) is 5.01. The number of rotatable bonds is 4. The summed E-state index contributed by atoms with van der Waals surface area (Å²) in [4.78, 5) is 0. The fourth-order valence-corrected chi connectivity index (χ4v) is 1.55. The number of benzene rings is 1. The monoisotopic (exact) mass is 193 g/mol. The number of hydrogen-bond acceptors (Lipinski definition) is 2. The highest BCUT2D eigenvalue weighted by Crippen LogP contribution is 2.26. The standard InChI is InChI=1S/C12H19NO/c1-3-4-5-11(13)10-7-6-9(2)8-12(10)14/h6-8,11,14H,3-5,13H2,1-2H3/t11-/m0/s1. The van der Waals surface area contributed by atoms with E-state index in [0.29, 0.717) is 5.75 Å². The summed E-state index contributed by atoms with van der Waals surface area (Å²) < 4.78 is 0. The molecule has 0 amide bonds. The summed E-state index contributed by atoms with van der Waals surface area (Å²) in [5, 5.41) is 9.68. The molecule has 0 heterocycles. The van der Waals surface area contributed by atoms with Gasteiger partial charge in [0.15, 0.2) is 0 Å². The number of phenolic OH excluding ortho intramolecular Hbond substituents is 1. The highest BCUT2D eigenvalue weighted by atomic mass is 16.3. The van der Waals surface area contributed by atoms with Gasteiger partial charge in [-0.25, -0.2) is 0 Å². The third-order valence-electron chi connectivity index (χ3n) is 2.45. The van der Waals surface area contributed by atoms with Crippen molar-refractivity contribution in [2.75, 3.05) is 0 Å². The lowest BCUT2D eigenvalue weighted by Gasteiger charge is -2.13. The Morgan fingerprint density at radius 1 is 1.43 bits per heavy atom. The summed E-state index contributed by atoms with van der Waals surface area (Å²) in [5.74, 6) is 0.327. The first kappa shape index (κ1) is 11.1. The Hall–Kier alpha value is -1.02. The van der Waals surface area contributed by atoms with Gasteiger partial charge in [-0.15, -0.1) is 0 Å². The highest BCUT2D eigenvalue weighted by molar-refractivity contribution is 5.37.